The molecule has 4 rings (SSSR count). The summed E-state index contributed by atoms with van der Waals surface area (Å²) < 4.78 is 50.7. The average molecular weight is 378 g/mol. The van der Waals surface area contributed by atoms with Crippen molar-refractivity contribution in [3.63, 3.8) is 0 Å². The second kappa shape index (κ2) is 6.49. The molecule has 2 aliphatic heterocycles. The van der Waals surface area contributed by atoms with Crippen LogP contribution in [-0.4, -0.2) is 25.2 Å². The number of nitrogens with one attached hydrogen (secondary N) is 2. The van der Waals surface area contributed by atoms with Crippen molar-refractivity contribution in [1.82, 2.24) is 5.32 Å². The van der Waals surface area contributed by atoms with E-state index >= 15 is 0 Å². The molecule has 2 aromatic rings. The molecule has 2 aromatic carbocycles. The summed E-state index contributed by atoms with van der Waals surface area (Å²) in [5.41, 5.74) is 0.117. The Morgan fingerprint density at radius 2 is 1.85 bits per heavy atom. The van der Waals surface area contributed by atoms with Crippen LogP contribution >= 0.6 is 0 Å². The van der Waals surface area contributed by atoms with E-state index < -0.39 is 46.8 Å². The predicted molar refractivity (Wildman–Crippen MR) is 86.8 cm³/mol. The number of amides is 2. The van der Waals surface area contributed by atoms with Gasteiger partial charge in [0.05, 0.1) is 5.69 Å². The number of hydrogen-bond acceptors (Lipinski definition) is 4. The highest BCUT2D eigenvalue weighted by molar-refractivity contribution is 6.08. The molecule has 0 bridgehead atoms. The van der Waals surface area contributed by atoms with Gasteiger partial charge in [0.25, 0.3) is 0 Å². The molecule has 2 aliphatic rings. The van der Waals surface area contributed by atoms with Gasteiger partial charge in [0.15, 0.2) is 29.0 Å². The van der Waals surface area contributed by atoms with Crippen molar-refractivity contribution in [2.45, 2.75) is 5.92 Å². The number of anilines is 1. The molecule has 0 spiro atoms. The fourth-order valence-corrected chi connectivity index (χ4v) is 3.21. The Morgan fingerprint density at radius 3 is 2.67 bits per heavy atom. The van der Waals surface area contributed by atoms with Gasteiger partial charge in [0, 0.05) is 12.5 Å². The number of benzene rings is 2. The fraction of sp³-hybridized carbons (Fsp3) is 0.222. The lowest BCUT2D eigenvalue weighted by Crippen LogP contribution is -2.32. The summed E-state index contributed by atoms with van der Waals surface area (Å²) in [4.78, 5) is 24.8. The van der Waals surface area contributed by atoms with Crippen molar-refractivity contribution in [2.24, 2.45) is 5.92 Å². The zero-order valence-corrected chi connectivity index (χ0v) is 13.7. The van der Waals surface area contributed by atoms with Gasteiger partial charge < -0.3 is 20.1 Å². The fourth-order valence-electron chi connectivity index (χ4n) is 3.21. The lowest BCUT2D eigenvalue weighted by molar-refractivity contribution is -0.130. The SMILES string of the molecule is O=C1NC[C@H](c2ccc3c(c2)OCO3)[C@H]1C(=O)Nc1ccc(F)c(F)c1F. The molecule has 0 radical (unpaired) electrons. The monoisotopic (exact) mass is 378 g/mol. The first kappa shape index (κ1) is 17.2. The third kappa shape index (κ3) is 2.94. The van der Waals surface area contributed by atoms with E-state index in [9.17, 15) is 22.8 Å². The molecular weight excluding hydrogens is 365 g/mol. The summed E-state index contributed by atoms with van der Waals surface area (Å²) in [6.07, 6.45) is 0. The molecule has 2 amide bonds. The quantitative estimate of drug-likeness (QED) is 0.635. The van der Waals surface area contributed by atoms with E-state index in [0.29, 0.717) is 23.1 Å². The highest BCUT2D eigenvalue weighted by Gasteiger charge is 2.41. The van der Waals surface area contributed by atoms with E-state index in [4.69, 9.17) is 9.47 Å². The van der Waals surface area contributed by atoms with Gasteiger partial charge in [-0.2, -0.15) is 0 Å². The Bertz CT molecular complexity index is 950. The highest BCUT2D eigenvalue weighted by atomic mass is 19.2. The maximum Gasteiger partial charge on any atom is 0.237 e. The summed E-state index contributed by atoms with van der Waals surface area (Å²) in [7, 11) is 0. The summed E-state index contributed by atoms with van der Waals surface area (Å²) >= 11 is 0. The van der Waals surface area contributed by atoms with Gasteiger partial charge >= 0.3 is 0 Å². The second-order valence-electron chi connectivity index (χ2n) is 6.15. The molecule has 0 unspecified atom stereocenters. The number of carbonyl (C=O) groups excluding carboxylic acids is 2. The molecule has 0 aliphatic carbocycles. The molecule has 6 nitrogen and oxygen atoms in total. The van der Waals surface area contributed by atoms with Crippen LogP contribution in [0.3, 0.4) is 0 Å². The van der Waals surface area contributed by atoms with Crippen molar-refractivity contribution < 1.29 is 32.2 Å². The van der Waals surface area contributed by atoms with Crippen LogP contribution in [-0.2, 0) is 9.59 Å². The Kier molecular flexibility index (Phi) is 4.14. The number of ether oxygens (including phenoxy) is 2. The first-order valence-electron chi connectivity index (χ1n) is 8.07. The molecule has 2 atom stereocenters. The largest absolute Gasteiger partial charge is 0.454 e. The van der Waals surface area contributed by atoms with E-state index in [-0.39, 0.29) is 13.3 Å². The third-order valence-corrected chi connectivity index (χ3v) is 4.58. The molecule has 0 saturated carbocycles. The number of carbonyl (C=O) groups is 2. The van der Waals surface area contributed by atoms with Gasteiger partial charge in [-0.25, -0.2) is 13.2 Å². The van der Waals surface area contributed by atoms with Gasteiger partial charge in [-0.05, 0) is 29.8 Å². The van der Waals surface area contributed by atoms with Crippen LogP contribution in [0, 0.1) is 23.4 Å². The van der Waals surface area contributed by atoms with E-state index in [1.54, 1.807) is 18.2 Å². The van der Waals surface area contributed by atoms with Crippen molar-refractivity contribution in [3.8, 4) is 11.5 Å². The van der Waals surface area contributed by atoms with Crippen LogP contribution in [0.1, 0.15) is 11.5 Å². The summed E-state index contributed by atoms with van der Waals surface area (Å²) in [5, 5.41) is 4.75. The van der Waals surface area contributed by atoms with Gasteiger partial charge in [-0.15, -0.1) is 0 Å². The summed E-state index contributed by atoms with van der Waals surface area (Å²) in [6.45, 7) is 0.275. The van der Waals surface area contributed by atoms with E-state index in [1.807, 2.05) is 0 Å². The molecule has 9 heteroatoms. The van der Waals surface area contributed by atoms with Gasteiger partial charge in [0.1, 0.15) is 5.92 Å². The molecule has 0 aromatic heterocycles. The van der Waals surface area contributed by atoms with Crippen molar-refractivity contribution in [3.05, 3.63) is 53.3 Å². The standard InChI is InChI=1S/C18H13F3N2O4/c19-10-2-3-11(16(21)15(10)20)23-18(25)14-9(6-22-17(14)24)8-1-4-12-13(5-8)27-7-26-12/h1-5,9,14H,6-7H2,(H,22,24)(H,23,25)/t9-,14-/m1/s1. The van der Waals surface area contributed by atoms with Crippen LogP contribution in [0.5, 0.6) is 11.5 Å². The topological polar surface area (TPSA) is 76.7 Å². The molecular formula is C18H13F3N2O4. The Balaban J connectivity index is 1.60. The lowest BCUT2D eigenvalue weighted by atomic mass is 9.87. The first-order chi connectivity index (χ1) is 13.0. The van der Waals surface area contributed by atoms with E-state index in [0.717, 1.165) is 6.07 Å². The Morgan fingerprint density at radius 1 is 1.07 bits per heavy atom. The molecule has 2 N–H and O–H groups in total. The van der Waals surface area contributed by atoms with Crippen LogP contribution in [0.25, 0.3) is 0 Å². The minimum absolute atomic E-state index is 0.0833. The third-order valence-electron chi connectivity index (χ3n) is 4.58. The first-order valence-corrected chi connectivity index (χ1v) is 8.07. The second-order valence-corrected chi connectivity index (χ2v) is 6.15. The number of halogens is 3. The van der Waals surface area contributed by atoms with Crippen molar-refractivity contribution in [2.75, 3.05) is 18.7 Å². The highest BCUT2D eigenvalue weighted by Crippen LogP contribution is 2.38. The molecule has 2 heterocycles. The van der Waals surface area contributed by atoms with Gasteiger partial charge in [-0.1, -0.05) is 6.07 Å². The van der Waals surface area contributed by atoms with E-state index in [1.165, 1.54) is 0 Å². The molecule has 1 fully saturated rings. The Labute approximate surface area is 151 Å². The Hall–Kier alpha value is -3.23. The summed E-state index contributed by atoms with van der Waals surface area (Å²) in [6, 6.07) is 6.64. The lowest BCUT2D eigenvalue weighted by Gasteiger charge is -2.17. The maximum absolute atomic E-state index is 13.8. The zero-order valence-electron chi connectivity index (χ0n) is 13.7. The number of hydrogen-bond donors (Lipinski definition) is 2. The van der Waals surface area contributed by atoms with Crippen molar-refractivity contribution in [1.29, 1.82) is 0 Å². The molecule has 140 valence electrons. The van der Waals surface area contributed by atoms with Crippen LogP contribution in [0.15, 0.2) is 30.3 Å². The minimum Gasteiger partial charge on any atom is -0.454 e. The van der Waals surface area contributed by atoms with Crippen LogP contribution in [0.4, 0.5) is 18.9 Å². The van der Waals surface area contributed by atoms with E-state index in [2.05, 4.69) is 10.6 Å². The number of fused-ring (bicyclic) bond motifs is 1. The van der Waals surface area contributed by atoms with Gasteiger partial charge in [0.2, 0.25) is 18.6 Å². The normalized spacial score (nSPS) is 20.5. The minimum atomic E-state index is -1.70. The summed E-state index contributed by atoms with van der Waals surface area (Å²) in [5.74, 6) is -6.62. The van der Waals surface area contributed by atoms with Crippen LogP contribution < -0.4 is 20.1 Å². The average Bonchev–Trinajstić information content (AvgIpc) is 3.27. The molecule has 1 saturated heterocycles. The number of rotatable bonds is 3. The smallest absolute Gasteiger partial charge is 0.237 e. The van der Waals surface area contributed by atoms with Gasteiger partial charge in [-0.3, -0.25) is 9.59 Å². The van der Waals surface area contributed by atoms with Crippen molar-refractivity contribution >= 4 is 17.5 Å². The zero-order chi connectivity index (χ0) is 19.1. The molecule has 27 heavy (non-hydrogen) atoms. The van der Waals surface area contributed by atoms with Crippen LogP contribution in [0.2, 0.25) is 0 Å². The predicted octanol–water partition coefficient (Wildman–Crippen LogP) is 2.30. The maximum atomic E-state index is 13.8.